The number of amides is 1. The normalized spacial score (nSPS) is 10.9. The summed E-state index contributed by atoms with van der Waals surface area (Å²) in [5.74, 6) is 1.74. The monoisotopic (exact) mass is 359 g/mol. The van der Waals surface area contributed by atoms with Crippen molar-refractivity contribution in [3.05, 3.63) is 35.2 Å². The average Bonchev–Trinajstić information content (AvgIpc) is 2.86. The van der Waals surface area contributed by atoms with Crippen LogP contribution < -0.4 is 14.8 Å². The lowest BCUT2D eigenvalue weighted by molar-refractivity contribution is -0.116. The van der Waals surface area contributed by atoms with E-state index >= 15 is 0 Å². The molecule has 0 aliphatic carbocycles. The molecule has 1 aromatic carbocycles. The highest BCUT2D eigenvalue weighted by Crippen LogP contribution is 2.29. The second kappa shape index (κ2) is 8.74. The van der Waals surface area contributed by atoms with Crippen molar-refractivity contribution in [2.75, 3.05) is 19.5 Å². The summed E-state index contributed by atoms with van der Waals surface area (Å²) in [5.41, 5.74) is 3.94. The van der Waals surface area contributed by atoms with Crippen molar-refractivity contribution in [2.45, 2.75) is 47.1 Å². The predicted octanol–water partition coefficient (Wildman–Crippen LogP) is 3.74. The number of nitrogens with zero attached hydrogens (tertiary/aromatic N) is 2. The molecule has 1 aromatic heterocycles. The molecule has 0 aliphatic rings. The summed E-state index contributed by atoms with van der Waals surface area (Å²) in [5, 5.41) is 7.52. The molecule has 0 aliphatic heterocycles. The molecule has 26 heavy (non-hydrogen) atoms. The third-order valence-electron chi connectivity index (χ3n) is 4.35. The van der Waals surface area contributed by atoms with Gasteiger partial charge in [-0.15, -0.1) is 0 Å². The van der Waals surface area contributed by atoms with Crippen molar-refractivity contribution in [2.24, 2.45) is 5.92 Å². The largest absolute Gasteiger partial charge is 0.497 e. The molecule has 2 rings (SSSR count). The van der Waals surface area contributed by atoms with Crippen molar-refractivity contribution in [3.63, 3.8) is 0 Å². The Morgan fingerprint density at radius 1 is 1.23 bits per heavy atom. The van der Waals surface area contributed by atoms with E-state index in [0.29, 0.717) is 35.9 Å². The molecular formula is C20H29N3O3. The highest BCUT2D eigenvalue weighted by atomic mass is 16.5. The summed E-state index contributed by atoms with van der Waals surface area (Å²) in [4.78, 5) is 12.4. The van der Waals surface area contributed by atoms with Crippen LogP contribution in [0.4, 0.5) is 5.69 Å². The Labute approximate surface area is 155 Å². The number of carbonyl (C=O) groups excluding carboxylic acids is 1. The fourth-order valence-electron chi connectivity index (χ4n) is 2.97. The number of anilines is 1. The first-order valence-electron chi connectivity index (χ1n) is 8.90. The van der Waals surface area contributed by atoms with Gasteiger partial charge < -0.3 is 14.8 Å². The van der Waals surface area contributed by atoms with E-state index in [4.69, 9.17) is 9.47 Å². The number of benzene rings is 1. The van der Waals surface area contributed by atoms with Crippen LogP contribution in [0.2, 0.25) is 0 Å². The Kier molecular flexibility index (Phi) is 6.66. The highest BCUT2D eigenvalue weighted by molar-refractivity contribution is 5.92. The second-order valence-corrected chi connectivity index (χ2v) is 6.84. The van der Waals surface area contributed by atoms with Gasteiger partial charge in [0.1, 0.15) is 11.5 Å². The lowest BCUT2D eigenvalue weighted by Crippen LogP contribution is -2.13. The molecule has 0 unspecified atom stereocenters. The van der Waals surface area contributed by atoms with Crippen LogP contribution in [-0.2, 0) is 17.8 Å². The number of nitrogens with one attached hydrogen (secondary N) is 1. The number of methoxy groups -OCH3 is 2. The van der Waals surface area contributed by atoms with E-state index in [0.717, 1.165) is 23.5 Å². The third-order valence-corrected chi connectivity index (χ3v) is 4.35. The molecule has 0 saturated heterocycles. The van der Waals surface area contributed by atoms with Crippen molar-refractivity contribution in [1.82, 2.24) is 9.78 Å². The van der Waals surface area contributed by atoms with Gasteiger partial charge in [-0.25, -0.2) is 0 Å². The Hall–Kier alpha value is -2.50. The van der Waals surface area contributed by atoms with Crippen LogP contribution in [0.5, 0.6) is 11.5 Å². The van der Waals surface area contributed by atoms with Gasteiger partial charge >= 0.3 is 0 Å². The molecule has 1 N–H and O–H groups in total. The quantitative estimate of drug-likeness (QED) is 0.780. The van der Waals surface area contributed by atoms with Gasteiger partial charge in [0.15, 0.2) is 0 Å². The second-order valence-electron chi connectivity index (χ2n) is 6.84. The molecule has 0 spiro atoms. The van der Waals surface area contributed by atoms with Crippen LogP contribution in [0.1, 0.15) is 37.2 Å². The van der Waals surface area contributed by atoms with Gasteiger partial charge in [0, 0.05) is 24.7 Å². The fourth-order valence-corrected chi connectivity index (χ4v) is 2.97. The Bertz CT molecular complexity index is 766. The molecule has 2 aromatic rings. The number of carbonyl (C=O) groups is 1. The number of hydrogen-bond donors (Lipinski definition) is 1. The van der Waals surface area contributed by atoms with Crippen LogP contribution in [0.3, 0.4) is 0 Å². The van der Waals surface area contributed by atoms with Crippen molar-refractivity contribution in [1.29, 1.82) is 0 Å². The molecule has 0 radical (unpaired) electrons. The molecule has 6 nitrogen and oxygen atoms in total. The van der Waals surface area contributed by atoms with Crippen LogP contribution in [0.15, 0.2) is 18.2 Å². The lowest BCUT2D eigenvalue weighted by Gasteiger charge is -2.12. The number of rotatable bonds is 8. The maximum atomic E-state index is 12.4. The standard InChI is InChI=1S/C20H29N3O3/c1-13(2)12-23-15(4)17(14(3)22-23)8-10-20(24)21-18-9-7-16(25-5)11-19(18)26-6/h7,9,11,13H,8,10,12H2,1-6H3,(H,21,24). The molecule has 1 amide bonds. The van der Waals surface area contributed by atoms with Crippen LogP contribution in [-0.4, -0.2) is 29.9 Å². The van der Waals surface area contributed by atoms with Gasteiger partial charge in [-0.2, -0.15) is 5.10 Å². The van der Waals surface area contributed by atoms with E-state index in [-0.39, 0.29) is 5.91 Å². The Morgan fingerprint density at radius 2 is 1.96 bits per heavy atom. The summed E-state index contributed by atoms with van der Waals surface area (Å²) in [7, 11) is 3.16. The zero-order valence-corrected chi connectivity index (χ0v) is 16.5. The smallest absolute Gasteiger partial charge is 0.224 e. The minimum Gasteiger partial charge on any atom is -0.497 e. The molecule has 0 fully saturated rings. The molecule has 1 heterocycles. The number of aryl methyl sites for hydroxylation is 1. The first kappa shape index (κ1) is 19.8. The predicted molar refractivity (Wildman–Crippen MR) is 103 cm³/mol. The molecule has 0 saturated carbocycles. The summed E-state index contributed by atoms with van der Waals surface area (Å²) < 4.78 is 12.5. The molecule has 0 bridgehead atoms. The van der Waals surface area contributed by atoms with Crippen molar-refractivity contribution < 1.29 is 14.3 Å². The van der Waals surface area contributed by atoms with Crippen molar-refractivity contribution in [3.8, 4) is 11.5 Å². The number of aromatic nitrogens is 2. The van der Waals surface area contributed by atoms with Crippen LogP contribution in [0, 0.1) is 19.8 Å². The number of ether oxygens (including phenoxy) is 2. The zero-order chi connectivity index (χ0) is 19.3. The highest BCUT2D eigenvalue weighted by Gasteiger charge is 2.15. The topological polar surface area (TPSA) is 65.4 Å². The van der Waals surface area contributed by atoms with E-state index < -0.39 is 0 Å². The van der Waals surface area contributed by atoms with Gasteiger partial charge in [0.2, 0.25) is 5.91 Å². The average molecular weight is 359 g/mol. The maximum Gasteiger partial charge on any atom is 0.224 e. The van der Waals surface area contributed by atoms with Gasteiger partial charge in [0.05, 0.1) is 25.6 Å². The van der Waals surface area contributed by atoms with Crippen LogP contribution in [0.25, 0.3) is 0 Å². The number of hydrogen-bond acceptors (Lipinski definition) is 4. The van der Waals surface area contributed by atoms with E-state index in [1.807, 2.05) is 11.6 Å². The first-order chi connectivity index (χ1) is 12.3. The molecule has 0 atom stereocenters. The van der Waals surface area contributed by atoms with E-state index in [9.17, 15) is 4.79 Å². The van der Waals surface area contributed by atoms with Crippen LogP contribution >= 0.6 is 0 Å². The fraction of sp³-hybridized carbons (Fsp3) is 0.500. The van der Waals surface area contributed by atoms with E-state index in [1.54, 1.807) is 32.4 Å². The third kappa shape index (κ3) is 4.77. The first-order valence-corrected chi connectivity index (χ1v) is 8.90. The molecular weight excluding hydrogens is 330 g/mol. The van der Waals surface area contributed by atoms with E-state index in [2.05, 4.69) is 31.2 Å². The van der Waals surface area contributed by atoms with Gasteiger partial charge in [-0.3, -0.25) is 9.48 Å². The summed E-state index contributed by atoms with van der Waals surface area (Å²) in [6, 6.07) is 5.33. The summed E-state index contributed by atoms with van der Waals surface area (Å²) >= 11 is 0. The van der Waals surface area contributed by atoms with Gasteiger partial charge in [0.25, 0.3) is 0 Å². The van der Waals surface area contributed by atoms with E-state index in [1.165, 1.54) is 0 Å². The summed E-state index contributed by atoms with van der Waals surface area (Å²) in [6.07, 6.45) is 1.06. The Balaban J connectivity index is 2.02. The Morgan fingerprint density at radius 3 is 2.58 bits per heavy atom. The lowest BCUT2D eigenvalue weighted by atomic mass is 10.1. The minimum atomic E-state index is -0.0520. The van der Waals surface area contributed by atoms with Gasteiger partial charge in [-0.1, -0.05) is 13.8 Å². The minimum absolute atomic E-state index is 0.0520. The summed E-state index contributed by atoms with van der Waals surface area (Å²) in [6.45, 7) is 9.31. The molecule has 6 heteroatoms. The molecule has 142 valence electrons. The SMILES string of the molecule is COc1ccc(NC(=O)CCc2c(C)nn(CC(C)C)c2C)c(OC)c1. The van der Waals surface area contributed by atoms with Gasteiger partial charge in [-0.05, 0) is 43.9 Å². The van der Waals surface area contributed by atoms with Crippen molar-refractivity contribution >= 4 is 11.6 Å². The zero-order valence-electron chi connectivity index (χ0n) is 16.5. The maximum absolute atomic E-state index is 12.4.